The zero-order chi connectivity index (χ0) is 14.3. The van der Waals surface area contributed by atoms with Crippen molar-refractivity contribution in [2.45, 2.75) is 0 Å². The second-order valence-corrected chi connectivity index (χ2v) is 3.93. The van der Waals surface area contributed by atoms with Gasteiger partial charge in [0, 0.05) is 0 Å². The number of rotatable bonds is 0. The summed E-state index contributed by atoms with van der Waals surface area (Å²) in [7, 11) is 0. The molecule has 0 aliphatic heterocycles. The first-order chi connectivity index (χ1) is 6.93. The molecule has 0 aromatic heterocycles. The van der Waals surface area contributed by atoms with E-state index in [9.17, 15) is 0 Å². The molecule has 0 unspecified atom stereocenters. The molecule has 0 saturated heterocycles. The second-order valence-electron chi connectivity index (χ2n) is 0.756. The van der Waals surface area contributed by atoms with Crippen LogP contribution in [0.2, 0.25) is 0 Å². The topological polar surface area (TPSA) is 277 Å². The fourth-order valence-electron chi connectivity index (χ4n) is 0. The normalized spacial score (nSPS) is 8.00. The Balaban J connectivity index is -0.0000000257. The molecule has 0 rings (SSSR count). The number of halogens is 4. The minimum atomic E-state index is -3.65. The van der Waals surface area contributed by atoms with Crippen LogP contribution in [0.4, 0.5) is 0 Å². The molecule has 18 heavy (non-hydrogen) atoms. The van der Waals surface area contributed by atoms with Gasteiger partial charge in [-0.25, -0.2) is 0 Å². The van der Waals surface area contributed by atoms with Gasteiger partial charge in [-0.05, 0) is 0 Å². The summed E-state index contributed by atoms with van der Waals surface area (Å²) in [6.07, 6.45) is 0. The van der Waals surface area contributed by atoms with Gasteiger partial charge in [0.05, 0.1) is 0 Å². The third-order valence-corrected chi connectivity index (χ3v) is 0. The predicted molar refractivity (Wildman–Crippen MR) is 0 cm³/mol. The van der Waals surface area contributed by atoms with E-state index in [1.54, 1.807) is 0 Å². The Morgan fingerprint density at radius 1 is 0.333 bits per heavy atom. The largest absolute Gasteiger partial charge is 2.00 e. The van der Waals surface area contributed by atoms with Crippen molar-refractivity contribution in [3.05, 3.63) is 0 Å². The van der Waals surface area contributed by atoms with Crippen LogP contribution in [-0.4, -0.2) is 0 Å². The first-order valence-corrected chi connectivity index (χ1v) is 9.62. The molecule has 0 aromatic carbocycles. The van der Waals surface area contributed by atoms with Crippen LogP contribution in [0.5, 0.6) is 0 Å². The van der Waals surface area contributed by atoms with E-state index < -0.39 is 59.3 Å². The molecule has 0 aromatic rings. The van der Waals surface area contributed by atoms with E-state index in [-0.39, 0.29) is 33.8 Å². The SMILES string of the molecule is [Co+2].[Mn+2].[O-][Br+2]([O-])[O-].[O-][Br+2]([O-])[O-].[O-][Br+2]([O-])[O-].[O-][Br+2]([O-])[O-]. The average Bonchev–Trinajstić information content (AvgIpc) is 1.76. The molecule has 0 bridgehead atoms. The van der Waals surface area contributed by atoms with Gasteiger partial charge in [0.15, 0.2) is 0 Å². The van der Waals surface area contributed by atoms with Crippen molar-refractivity contribution in [3.63, 3.8) is 0 Å². The molecule has 116 valence electrons. The molecular weight excluding hydrogens is 625 g/mol. The van der Waals surface area contributed by atoms with Crippen molar-refractivity contribution >= 4 is 0 Å². The van der Waals surface area contributed by atoms with E-state index in [1.807, 2.05) is 0 Å². The van der Waals surface area contributed by atoms with E-state index in [0.29, 0.717) is 0 Å². The van der Waals surface area contributed by atoms with Crippen molar-refractivity contribution in [2.24, 2.45) is 0 Å². The molecule has 2 radical (unpaired) electrons. The Morgan fingerprint density at radius 3 is 0.333 bits per heavy atom. The van der Waals surface area contributed by atoms with Crippen LogP contribution in [0.25, 0.3) is 0 Å². The third-order valence-electron chi connectivity index (χ3n) is 0. The maximum atomic E-state index is 8.52. The van der Waals surface area contributed by atoms with Gasteiger partial charge >= 0.3 is 33.8 Å². The molecule has 0 saturated carbocycles. The van der Waals surface area contributed by atoms with Crippen molar-refractivity contribution in [1.29, 1.82) is 0 Å². The van der Waals surface area contributed by atoms with E-state index in [2.05, 4.69) is 0 Å². The van der Waals surface area contributed by atoms with Gasteiger partial charge in [0.25, 0.3) is 0 Å². The molecule has 0 N–H and O–H groups in total. The Hall–Kier alpha value is 2.47. The summed E-state index contributed by atoms with van der Waals surface area (Å²) >= 11 is -14.6. The Bertz CT molecular complexity index is 67.1. The molecule has 0 atom stereocenters. The molecular formula is Br4CoMnO12. The van der Waals surface area contributed by atoms with Gasteiger partial charge in [-0.3, -0.25) is 0 Å². The van der Waals surface area contributed by atoms with Crippen molar-refractivity contribution in [2.75, 3.05) is 0 Å². The van der Waals surface area contributed by atoms with Crippen LogP contribution in [-0.2, 0) is 33.8 Å². The van der Waals surface area contributed by atoms with E-state index in [0.717, 1.165) is 0 Å². The quantitative estimate of drug-likeness (QED) is 0.227. The Morgan fingerprint density at radius 2 is 0.333 bits per heavy atom. The minimum absolute atomic E-state index is 0. The van der Waals surface area contributed by atoms with Crippen LogP contribution in [0.15, 0.2) is 0 Å². The van der Waals surface area contributed by atoms with Crippen molar-refractivity contribution in [3.8, 4) is 0 Å². The molecule has 0 fully saturated rings. The van der Waals surface area contributed by atoms with E-state index in [4.69, 9.17) is 50.4 Å². The Labute approximate surface area is 142 Å². The fraction of sp³-hybridized carbons (Fsp3) is 0. The molecule has 0 amide bonds. The molecule has 18 heteroatoms. The summed E-state index contributed by atoms with van der Waals surface area (Å²) in [6.45, 7) is 0. The second kappa shape index (κ2) is 31.7. The van der Waals surface area contributed by atoms with Gasteiger partial charge in [0.1, 0.15) is 0 Å². The zero-order valence-corrected chi connectivity index (χ0v) is 15.7. The summed E-state index contributed by atoms with van der Waals surface area (Å²) < 4.78 is 102. The fourth-order valence-corrected chi connectivity index (χ4v) is 0. The van der Waals surface area contributed by atoms with Crippen LogP contribution < -0.4 is 50.4 Å². The van der Waals surface area contributed by atoms with E-state index in [1.165, 1.54) is 0 Å². The molecule has 0 heterocycles. The van der Waals surface area contributed by atoms with Crippen LogP contribution in [0.1, 0.15) is 0 Å². The number of hydrogen-bond donors (Lipinski definition) is 0. The van der Waals surface area contributed by atoms with Crippen LogP contribution in [0.3, 0.4) is 0 Å². The smallest absolute Gasteiger partial charge is 0.405 e. The minimum Gasteiger partial charge on any atom is -0.405 e. The van der Waals surface area contributed by atoms with Crippen LogP contribution in [0, 0.1) is 59.3 Å². The maximum absolute atomic E-state index is 8.52. The molecule has 12 nitrogen and oxygen atoms in total. The van der Waals surface area contributed by atoms with Gasteiger partial charge in [-0.2, -0.15) is 0 Å². The van der Waals surface area contributed by atoms with Gasteiger partial charge in [-0.1, -0.05) is 0 Å². The molecule has 0 aliphatic rings. The summed E-state index contributed by atoms with van der Waals surface area (Å²) in [6, 6.07) is 0. The van der Waals surface area contributed by atoms with Gasteiger partial charge in [0.2, 0.25) is 59.3 Å². The maximum Gasteiger partial charge on any atom is 2.00 e. The average molecular weight is 625 g/mol. The first-order valence-electron chi connectivity index (χ1n) is 1.85. The van der Waals surface area contributed by atoms with Crippen molar-refractivity contribution in [1.82, 2.24) is 0 Å². The molecule has 0 aliphatic carbocycles. The molecule has 0 spiro atoms. The number of hydrogen-bond acceptors (Lipinski definition) is 12. The third kappa shape index (κ3) is 926. The van der Waals surface area contributed by atoms with E-state index >= 15 is 0 Å². The van der Waals surface area contributed by atoms with Gasteiger partial charge in [-0.15, -0.1) is 0 Å². The summed E-state index contributed by atoms with van der Waals surface area (Å²) in [5.41, 5.74) is 0. The summed E-state index contributed by atoms with van der Waals surface area (Å²) in [5, 5.41) is 0. The summed E-state index contributed by atoms with van der Waals surface area (Å²) in [5.74, 6) is 0. The first kappa shape index (κ1) is 37.1. The Kier molecular flexibility index (Phi) is 65.3. The standard InChI is InChI=1S/4BrO3.Co.Mn/c4*2-1(3)4;;/q4*-1;2*+2. The predicted octanol–water partition coefficient (Wildman–Crippen LogP) is -14.3. The van der Waals surface area contributed by atoms with Crippen molar-refractivity contribution < 1.29 is 143 Å². The monoisotopic (exact) mass is 621 g/mol. The van der Waals surface area contributed by atoms with Crippen LogP contribution >= 0.6 is 0 Å². The zero-order valence-electron chi connectivity index (χ0n) is 7.12. The van der Waals surface area contributed by atoms with Gasteiger partial charge < -0.3 is 50.4 Å². The summed E-state index contributed by atoms with van der Waals surface area (Å²) in [4.78, 5) is 0.